The highest BCUT2D eigenvalue weighted by Crippen LogP contribution is 2.25. The van der Waals surface area contributed by atoms with Crippen molar-refractivity contribution in [3.8, 4) is 0 Å². The Hall–Kier alpha value is -2.07. The van der Waals surface area contributed by atoms with Crippen LogP contribution in [0.25, 0.3) is 21.8 Å². The molecule has 0 aliphatic heterocycles. The lowest BCUT2D eigenvalue weighted by Crippen LogP contribution is -2.26. The minimum absolute atomic E-state index is 0.0740. The maximum Gasteiger partial charge on any atom is 0.264 e. The van der Waals surface area contributed by atoms with Crippen LogP contribution < -0.4 is 4.72 Å². The first-order chi connectivity index (χ1) is 12.2. The number of aromatic nitrogens is 1. The van der Waals surface area contributed by atoms with E-state index in [1.807, 2.05) is 24.3 Å². The quantitative estimate of drug-likeness (QED) is 0.498. The van der Waals surface area contributed by atoms with E-state index in [9.17, 15) is 16.8 Å². The fraction of sp³-hybridized carbons (Fsp3) is 0.188. The first-order valence-corrected chi connectivity index (χ1v) is 10.5. The van der Waals surface area contributed by atoms with Crippen LogP contribution >= 0.6 is 0 Å². The van der Waals surface area contributed by atoms with Crippen molar-refractivity contribution in [3.63, 3.8) is 0 Å². The molecule has 25 heavy (non-hydrogen) atoms. The van der Waals surface area contributed by atoms with Gasteiger partial charge in [-0.1, -0.05) is 24.3 Å². The Kier molecular flexibility index (Phi) is 4.38. The molecule has 0 spiro atoms. The molecule has 0 unspecified atom stereocenters. The van der Waals surface area contributed by atoms with Crippen LogP contribution in [0.3, 0.4) is 0 Å². The second-order valence-electron chi connectivity index (χ2n) is 5.47. The van der Waals surface area contributed by atoms with Crippen LogP contribution in [-0.2, 0) is 20.1 Å². The topological polar surface area (TPSA) is 113 Å². The normalized spacial score (nSPS) is 13.4. The van der Waals surface area contributed by atoms with Gasteiger partial charge in [0.25, 0.3) is 10.1 Å². The van der Waals surface area contributed by atoms with Gasteiger partial charge in [-0.25, -0.2) is 18.1 Å². The number of sulfonamides is 1. The van der Waals surface area contributed by atoms with Gasteiger partial charge < -0.3 is 0 Å². The van der Waals surface area contributed by atoms with Crippen molar-refractivity contribution in [1.29, 1.82) is 0 Å². The number of benzene rings is 2. The molecule has 0 atom stereocenters. The predicted octanol–water partition coefficient (Wildman–Crippen LogP) is 1.94. The molecule has 0 amide bonds. The molecule has 3 rings (SSSR count). The Morgan fingerprint density at radius 2 is 1.76 bits per heavy atom. The lowest BCUT2D eigenvalue weighted by molar-refractivity contribution is 0.480. The Balaban J connectivity index is 2.01. The van der Waals surface area contributed by atoms with Crippen molar-refractivity contribution in [2.45, 2.75) is 11.3 Å². The van der Waals surface area contributed by atoms with Crippen LogP contribution in [0.2, 0.25) is 1.41 Å². The van der Waals surface area contributed by atoms with E-state index in [0.717, 1.165) is 10.9 Å². The smallest absolute Gasteiger partial charge is 0.264 e. The van der Waals surface area contributed by atoms with Gasteiger partial charge >= 0.3 is 0 Å². The van der Waals surface area contributed by atoms with Gasteiger partial charge in [0.05, 0.1) is 21.7 Å². The highest BCUT2D eigenvalue weighted by Gasteiger charge is 2.18. The maximum absolute atomic E-state index is 12.7. The van der Waals surface area contributed by atoms with E-state index >= 15 is 0 Å². The fourth-order valence-electron chi connectivity index (χ4n) is 2.50. The third-order valence-electron chi connectivity index (χ3n) is 3.62. The van der Waals surface area contributed by atoms with E-state index < -0.39 is 25.9 Å². The number of rotatable bonds is 6. The summed E-state index contributed by atoms with van der Waals surface area (Å²) < 4.78 is 63.8. The molecular formula is C16H16N2O5S2. The molecule has 132 valence electrons. The van der Waals surface area contributed by atoms with Gasteiger partial charge in [0.15, 0.2) is 0 Å². The van der Waals surface area contributed by atoms with Gasteiger partial charge in [-0.2, -0.15) is 8.42 Å². The van der Waals surface area contributed by atoms with E-state index in [1.54, 1.807) is 18.2 Å². The molecule has 2 N–H and O–H groups in total. The van der Waals surface area contributed by atoms with Crippen LogP contribution in [0.4, 0.5) is 0 Å². The van der Waals surface area contributed by atoms with Gasteiger partial charge in [-0.3, -0.25) is 4.55 Å². The lowest BCUT2D eigenvalue weighted by atomic mass is 10.1. The van der Waals surface area contributed by atoms with Gasteiger partial charge in [-0.05, 0) is 30.7 Å². The van der Waals surface area contributed by atoms with Gasteiger partial charge in [-0.15, -0.1) is 0 Å². The van der Waals surface area contributed by atoms with Crippen LogP contribution in [0.5, 0.6) is 0 Å². The molecule has 0 saturated carbocycles. The molecule has 0 fully saturated rings. The fourth-order valence-corrected chi connectivity index (χ4v) is 4.19. The minimum Gasteiger partial charge on any atom is -0.286 e. The summed E-state index contributed by atoms with van der Waals surface area (Å²) in [6.45, 7) is -0.362. The Morgan fingerprint density at radius 3 is 2.52 bits per heavy atom. The zero-order chi connectivity index (χ0) is 18.9. The molecule has 0 bridgehead atoms. The summed E-state index contributed by atoms with van der Waals surface area (Å²) in [5, 5.41) is 1.16. The molecule has 1 heterocycles. The minimum atomic E-state index is -4.20. The van der Waals surface area contributed by atoms with E-state index in [4.69, 9.17) is 5.96 Å². The molecule has 2 aromatic carbocycles. The number of nitrogens with zero attached hydrogens (tertiary/aromatic N) is 1. The standard InChI is InChI=1S/C16H16N2O5S2/c19-24(20,21)10-4-9-17-25(22,23)16-8-3-7-15-13(16)11-12-5-1-2-6-14(12)18-15/h1-3,5-8,11,17H,4,9-10H2,(H,19,20,21)/i/hD. The average molecular weight is 381 g/mol. The van der Waals surface area contributed by atoms with Crippen LogP contribution in [0.15, 0.2) is 53.4 Å². The van der Waals surface area contributed by atoms with Crippen LogP contribution in [-0.4, -0.2) is 38.7 Å². The van der Waals surface area contributed by atoms with Crippen molar-refractivity contribution in [1.82, 2.24) is 9.70 Å². The molecule has 0 radical (unpaired) electrons. The Labute approximate surface area is 147 Å². The van der Waals surface area contributed by atoms with Gasteiger partial charge in [0, 0.05) is 17.3 Å². The molecule has 3 aromatic rings. The number of hydrogen-bond acceptors (Lipinski definition) is 5. The van der Waals surface area contributed by atoms with Gasteiger partial charge in [0.1, 0.15) is 1.41 Å². The van der Waals surface area contributed by atoms with Crippen molar-refractivity contribution < 1.29 is 22.8 Å². The van der Waals surface area contributed by atoms with Crippen molar-refractivity contribution in [3.05, 3.63) is 48.5 Å². The summed E-state index contributed by atoms with van der Waals surface area (Å²) >= 11 is 0. The second-order valence-corrected chi connectivity index (χ2v) is 8.69. The number of fused-ring (bicyclic) bond motifs is 2. The zero-order valence-corrected chi connectivity index (χ0v) is 14.7. The Morgan fingerprint density at radius 1 is 1.04 bits per heavy atom. The first-order valence-electron chi connectivity index (χ1n) is 7.88. The average Bonchev–Trinajstić information content (AvgIpc) is 2.58. The lowest BCUT2D eigenvalue weighted by Gasteiger charge is -2.10. The summed E-state index contributed by atoms with van der Waals surface area (Å²) in [5.74, 6) is -0.611. The van der Waals surface area contributed by atoms with E-state index in [1.165, 1.54) is 6.07 Å². The van der Waals surface area contributed by atoms with Gasteiger partial charge in [0.2, 0.25) is 10.0 Å². The van der Waals surface area contributed by atoms with Crippen molar-refractivity contribution in [2.75, 3.05) is 12.3 Å². The third-order valence-corrected chi connectivity index (χ3v) is 5.86. The summed E-state index contributed by atoms with van der Waals surface area (Å²) in [4.78, 5) is 4.38. The molecule has 7 nitrogen and oxygen atoms in total. The molecular weight excluding hydrogens is 364 g/mol. The molecule has 0 saturated heterocycles. The number of nitrogens with one attached hydrogen (secondary N) is 1. The summed E-state index contributed by atoms with van der Waals surface area (Å²) in [7, 11) is -8.37. The van der Waals surface area contributed by atoms with Crippen molar-refractivity contribution >= 4 is 41.9 Å². The van der Waals surface area contributed by atoms with Crippen molar-refractivity contribution in [2.24, 2.45) is 0 Å². The molecule has 9 heteroatoms. The molecule has 0 aliphatic rings. The SMILES string of the molecule is [2H]N(CCCS(=O)(=O)O)S(=O)(=O)c1cccc2nc3ccccc3cc12. The molecule has 0 aliphatic carbocycles. The third kappa shape index (κ3) is 4.13. The highest BCUT2D eigenvalue weighted by atomic mass is 32.2. The second kappa shape index (κ2) is 6.68. The maximum atomic E-state index is 12.7. The van der Waals surface area contributed by atoms with E-state index in [2.05, 4.69) is 4.98 Å². The first kappa shape index (κ1) is 16.4. The number of para-hydroxylation sites is 1. The number of pyridine rings is 1. The summed E-state index contributed by atoms with van der Waals surface area (Å²) in [6, 6.07) is 13.6. The zero-order valence-electron chi connectivity index (χ0n) is 14.0. The largest absolute Gasteiger partial charge is 0.286 e. The highest BCUT2D eigenvalue weighted by molar-refractivity contribution is 7.89. The van der Waals surface area contributed by atoms with E-state index in [0.29, 0.717) is 15.6 Å². The summed E-state index contributed by atoms with van der Waals surface area (Å²) in [6.07, 6.45) is -0.187. The van der Waals surface area contributed by atoms with Crippen LogP contribution in [0.1, 0.15) is 6.42 Å². The van der Waals surface area contributed by atoms with E-state index in [-0.39, 0.29) is 17.9 Å². The Bertz CT molecular complexity index is 1180. The monoisotopic (exact) mass is 381 g/mol. The molecule has 1 aromatic heterocycles. The van der Waals surface area contributed by atoms with Crippen LogP contribution in [0, 0.1) is 0 Å². The summed E-state index contributed by atoms with van der Waals surface area (Å²) in [5.41, 5.74) is 1.21. The number of hydrogen-bond donors (Lipinski definition) is 2. The predicted molar refractivity (Wildman–Crippen MR) is 95.5 cm³/mol.